The fourth-order valence-electron chi connectivity index (χ4n) is 3.13. The smallest absolute Gasteiger partial charge is 0.321 e. The van der Waals surface area contributed by atoms with Crippen molar-refractivity contribution < 1.29 is 18.0 Å². The fraction of sp³-hybridized carbons (Fsp3) is 0.600. The van der Waals surface area contributed by atoms with E-state index in [1.807, 2.05) is 30.9 Å². The highest BCUT2D eigenvalue weighted by molar-refractivity contribution is 7.89. The van der Waals surface area contributed by atoms with E-state index >= 15 is 0 Å². The van der Waals surface area contributed by atoms with Crippen LogP contribution in [0.15, 0.2) is 29.2 Å². The van der Waals surface area contributed by atoms with E-state index in [1.54, 1.807) is 12.1 Å². The molecule has 0 saturated carbocycles. The Labute approximate surface area is 173 Å². The Morgan fingerprint density at radius 1 is 1.07 bits per heavy atom. The average molecular weight is 425 g/mol. The standard InChI is InChI=1S/C20H32N4O4S/c1-4-6-17-7-9-18(10-8-17)29(27,28)24-13-11-23(12-14-24)15-19(25)22-20(26)21-16(3)5-2/h7-10,16H,4-6,11-15H2,1-3H3,(H2,21,22,25,26)/t16-/m1/s1. The summed E-state index contributed by atoms with van der Waals surface area (Å²) in [5.41, 5.74) is 1.12. The molecule has 3 amide bonds. The molecule has 1 fully saturated rings. The average Bonchev–Trinajstić information content (AvgIpc) is 2.68. The van der Waals surface area contributed by atoms with Gasteiger partial charge in [0.25, 0.3) is 0 Å². The van der Waals surface area contributed by atoms with Crippen molar-refractivity contribution in [1.82, 2.24) is 19.8 Å². The Morgan fingerprint density at radius 2 is 1.69 bits per heavy atom. The Kier molecular flexibility index (Phi) is 8.60. The number of nitrogens with one attached hydrogen (secondary N) is 2. The Balaban J connectivity index is 1.84. The number of imide groups is 1. The lowest BCUT2D eigenvalue weighted by Crippen LogP contribution is -2.52. The number of hydrogen-bond donors (Lipinski definition) is 2. The molecule has 1 atom stereocenters. The lowest BCUT2D eigenvalue weighted by atomic mass is 10.1. The number of rotatable bonds is 8. The van der Waals surface area contributed by atoms with Gasteiger partial charge in [-0.25, -0.2) is 13.2 Å². The van der Waals surface area contributed by atoms with Crippen LogP contribution >= 0.6 is 0 Å². The summed E-state index contributed by atoms with van der Waals surface area (Å²) in [5.74, 6) is -0.395. The molecule has 0 aliphatic carbocycles. The number of sulfonamides is 1. The molecule has 1 aromatic rings. The molecule has 1 aliphatic heterocycles. The third-order valence-corrected chi connectivity index (χ3v) is 6.95. The molecule has 2 rings (SSSR count). The molecule has 0 radical (unpaired) electrons. The summed E-state index contributed by atoms with van der Waals surface area (Å²) < 4.78 is 27.1. The monoisotopic (exact) mass is 424 g/mol. The number of carbonyl (C=O) groups excluding carboxylic acids is 2. The van der Waals surface area contributed by atoms with Gasteiger partial charge < -0.3 is 5.32 Å². The van der Waals surface area contributed by atoms with Crippen LogP contribution in [0, 0.1) is 0 Å². The highest BCUT2D eigenvalue weighted by Crippen LogP contribution is 2.18. The van der Waals surface area contributed by atoms with Gasteiger partial charge in [0.1, 0.15) is 0 Å². The molecule has 29 heavy (non-hydrogen) atoms. The van der Waals surface area contributed by atoms with Crippen molar-refractivity contribution in [2.75, 3.05) is 32.7 Å². The largest absolute Gasteiger partial charge is 0.335 e. The van der Waals surface area contributed by atoms with E-state index in [4.69, 9.17) is 0 Å². The van der Waals surface area contributed by atoms with E-state index in [1.165, 1.54) is 4.31 Å². The molecule has 1 aromatic carbocycles. The maximum atomic E-state index is 12.8. The maximum absolute atomic E-state index is 12.8. The van der Waals surface area contributed by atoms with Crippen molar-refractivity contribution in [3.05, 3.63) is 29.8 Å². The van der Waals surface area contributed by atoms with Gasteiger partial charge in [0.15, 0.2) is 0 Å². The molecule has 8 nitrogen and oxygen atoms in total. The van der Waals surface area contributed by atoms with Gasteiger partial charge in [0.2, 0.25) is 15.9 Å². The second-order valence-electron chi connectivity index (χ2n) is 7.41. The first-order valence-corrected chi connectivity index (χ1v) is 11.6. The van der Waals surface area contributed by atoms with E-state index in [0.717, 1.165) is 24.8 Å². The van der Waals surface area contributed by atoms with Crippen LogP contribution < -0.4 is 10.6 Å². The quantitative estimate of drug-likeness (QED) is 0.660. The van der Waals surface area contributed by atoms with Crippen LogP contribution in [-0.2, 0) is 21.2 Å². The van der Waals surface area contributed by atoms with Crippen LogP contribution in [0.5, 0.6) is 0 Å². The first-order chi connectivity index (χ1) is 13.8. The number of hydrogen-bond acceptors (Lipinski definition) is 5. The van der Waals surface area contributed by atoms with Crippen molar-refractivity contribution >= 4 is 22.0 Å². The van der Waals surface area contributed by atoms with Crippen molar-refractivity contribution in [2.24, 2.45) is 0 Å². The zero-order valence-electron chi connectivity index (χ0n) is 17.5. The van der Waals surface area contributed by atoms with Crippen molar-refractivity contribution in [3.63, 3.8) is 0 Å². The minimum Gasteiger partial charge on any atom is -0.335 e. The number of amides is 3. The van der Waals surface area contributed by atoms with Gasteiger partial charge in [-0.1, -0.05) is 32.4 Å². The lowest BCUT2D eigenvalue weighted by Gasteiger charge is -2.33. The normalized spacial score (nSPS) is 16.9. The fourth-order valence-corrected chi connectivity index (χ4v) is 4.55. The Morgan fingerprint density at radius 3 is 2.24 bits per heavy atom. The zero-order valence-corrected chi connectivity index (χ0v) is 18.3. The molecule has 2 N–H and O–H groups in total. The highest BCUT2D eigenvalue weighted by Gasteiger charge is 2.29. The van der Waals surface area contributed by atoms with Gasteiger partial charge in [0, 0.05) is 32.2 Å². The number of urea groups is 1. The maximum Gasteiger partial charge on any atom is 0.321 e. The molecule has 0 unspecified atom stereocenters. The van der Waals surface area contributed by atoms with Crippen LogP contribution in [0.1, 0.15) is 39.2 Å². The topological polar surface area (TPSA) is 98.8 Å². The van der Waals surface area contributed by atoms with Crippen molar-refractivity contribution in [1.29, 1.82) is 0 Å². The van der Waals surface area contributed by atoms with Gasteiger partial charge in [-0.05, 0) is 37.5 Å². The summed E-state index contributed by atoms with van der Waals surface area (Å²) in [4.78, 5) is 25.9. The molecule has 1 aliphatic rings. The number of aryl methyl sites for hydroxylation is 1. The second-order valence-corrected chi connectivity index (χ2v) is 9.34. The van der Waals surface area contributed by atoms with Crippen molar-refractivity contribution in [3.8, 4) is 0 Å². The predicted molar refractivity (Wildman–Crippen MR) is 112 cm³/mol. The van der Waals surface area contributed by atoms with Crippen molar-refractivity contribution in [2.45, 2.75) is 51.0 Å². The first-order valence-electron chi connectivity index (χ1n) is 10.2. The van der Waals surface area contributed by atoms with E-state index in [9.17, 15) is 18.0 Å². The molecule has 162 valence electrons. The minimum absolute atomic E-state index is 0.00686. The van der Waals surface area contributed by atoms with E-state index < -0.39 is 22.0 Å². The van der Waals surface area contributed by atoms with Gasteiger partial charge in [-0.2, -0.15) is 4.31 Å². The molecular weight excluding hydrogens is 392 g/mol. The summed E-state index contributed by atoms with van der Waals surface area (Å²) >= 11 is 0. The number of piperazine rings is 1. The van der Waals surface area contributed by atoms with Gasteiger partial charge >= 0.3 is 6.03 Å². The predicted octanol–water partition coefficient (Wildman–Crippen LogP) is 1.57. The summed E-state index contributed by atoms with van der Waals surface area (Å²) in [5, 5.41) is 4.99. The summed E-state index contributed by atoms with van der Waals surface area (Å²) in [6.45, 7) is 7.45. The Bertz CT molecular complexity index is 787. The van der Waals surface area contributed by atoms with E-state index in [0.29, 0.717) is 31.1 Å². The van der Waals surface area contributed by atoms with Crippen LogP contribution in [0.4, 0.5) is 4.79 Å². The summed E-state index contributed by atoms with van der Waals surface area (Å²) in [7, 11) is -3.54. The number of nitrogens with zero attached hydrogens (tertiary/aromatic N) is 2. The van der Waals surface area contributed by atoms with Gasteiger partial charge in [-0.15, -0.1) is 0 Å². The molecule has 1 saturated heterocycles. The summed E-state index contributed by atoms with van der Waals surface area (Å²) in [6, 6.07) is 6.54. The third kappa shape index (κ3) is 6.80. The minimum atomic E-state index is -3.54. The molecule has 0 aromatic heterocycles. The SMILES string of the molecule is CCCc1ccc(S(=O)(=O)N2CCN(CC(=O)NC(=O)N[C@H](C)CC)CC2)cc1. The van der Waals surface area contributed by atoms with Gasteiger partial charge in [0.05, 0.1) is 11.4 Å². The summed E-state index contributed by atoms with van der Waals surface area (Å²) in [6.07, 6.45) is 2.72. The first kappa shape index (κ1) is 23.3. The second kappa shape index (κ2) is 10.7. The lowest BCUT2D eigenvalue weighted by molar-refractivity contribution is -0.121. The number of carbonyl (C=O) groups is 2. The zero-order chi connectivity index (χ0) is 21.4. The molecule has 0 bridgehead atoms. The van der Waals surface area contributed by atoms with Gasteiger partial charge in [-0.3, -0.25) is 15.0 Å². The third-order valence-electron chi connectivity index (χ3n) is 5.04. The van der Waals surface area contributed by atoms with E-state index in [2.05, 4.69) is 17.6 Å². The molecule has 0 spiro atoms. The van der Waals surface area contributed by atoms with Crippen LogP contribution in [0.2, 0.25) is 0 Å². The molecular formula is C20H32N4O4S. The number of benzene rings is 1. The van der Waals surface area contributed by atoms with Crippen LogP contribution in [0.25, 0.3) is 0 Å². The van der Waals surface area contributed by atoms with Crippen LogP contribution in [-0.4, -0.2) is 68.3 Å². The molecule has 1 heterocycles. The highest BCUT2D eigenvalue weighted by atomic mass is 32.2. The van der Waals surface area contributed by atoms with E-state index in [-0.39, 0.29) is 12.6 Å². The van der Waals surface area contributed by atoms with Crippen LogP contribution in [0.3, 0.4) is 0 Å². The molecule has 9 heteroatoms. The Hall–Kier alpha value is -1.97.